The van der Waals surface area contributed by atoms with Gasteiger partial charge in [0, 0.05) is 6.54 Å². The van der Waals surface area contributed by atoms with Crippen molar-refractivity contribution >= 4 is 10.0 Å². The SMILES string of the molecule is C=C[C@]1(O)C=CCN(S(=O)(=O)c2ccc(C)cc2)[C@H]1c1ccccc1. The molecule has 25 heavy (non-hydrogen) atoms. The fourth-order valence-electron chi connectivity index (χ4n) is 3.10. The minimum Gasteiger partial charge on any atom is -0.380 e. The Hall–Kier alpha value is -2.21. The predicted molar refractivity (Wildman–Crippen MR) is 98.5 cm³/mol. The minimum atomic E-state index is -3.78. The van der Waals surface area contributed by atoms with Gasteiger partial charge in [-0.3, -0.25) is 0 Å². The summed E-state index contributed by atoms with van der Waals surface area (Å²) < 4.78 is 27.8. The maximum absolute atomic E-state index is 13.2. The summed E-state index contributed by atoms with van der Waals surface area (Å²) in [5.74, 6) is 0. The largest absolute Gasteiger partial charge is 0.380 e. The number of sulfonamides is 1. The van der Waals surface area contributed by atoms with Crippen LogP contribution in [-0.2, 0) is 10.0 Å². The third-order valence-electron chi connectivity index (χ3n) is 4.47. The van der Waals surface area contributed by atoms with Crippen LogP contribution in [0.1, 0.15) is 17.2 Å². The molecule has 5 heteroatoms. The Kier molecular flexibility index (Phi) is 4.64. The highest BCUT2D eigenvalue weighted by atomic mass is 32.2. The van der Waals surface area contributed by atoms with Crippen molar-refractivity contribution in [3.8, 4) is 0 Å². The summed E-state index contributed by atoms with van der Waals surface area (Å²) in [4.78, 5) is 0.209. The first kappa shape index (κ1) is 17.6. The van der Waals surface area contributed by atoms with Crippen LogP contribution in [0.4, 0.5) is 0 Å². The molecule has 1 heterocycles. The molecule has 0 spiro atoms. The molecule has 1 N–H and O–H groups in total. The van der Waals surface area contributed by atoms with Gasteiger partial charge in [0.25, 0.3) is 0 Å². The van der Waals surface area contributed by atoms with Gasteiger partial charge in [-0.2, -0.15) is 4.31 Å². The van der Waals surface area contributed by atoms with E-state index in [-0.39, 0.29) is 11.4 Å². The molecular formula is C20H21NO3S. The van der Waals surface area contributed by atoms with Crippen molar-refractivity contribution in [3.05, 3.63) is 90.5 Å². The van der Waals surface area contributed by atoms with Crippen molar-refractivity contribution in [2.75, 3.05) is 6.54 Å². The van der Waals surface area contributed by atoms with Gasteiger partial charge >= 0.3 is 0 Å². The van der Waals surface area contributed by atoms with Crippen molar-refractivity contribution in [2.45, 2.75) is 23.5 Å². The molecule has 1 aliphatic heterocycles. The Morgan fingerprint density at radius 3 is 2.40 bits per heavy atom. The molecule has 130 valence electrons. The Bertz CT molecular complexity index is 888. The number of aliphatic hydroxyl groups is 1. The summed E-state index contributed by atoms with van der Waals surface area (Å²) >= 11 is 0. The first-order valence-corrected chi connectivity index (χ1v) is 9.49. The molecule has 0 bridgehead atoms. The fraction of sp³-hybridized carbons (Fsp3) is 0.200. The third-order valence-corrected chi connectivity index (χ3v) is 6.31. The van der Waals surface area contributed by atoms with Crippen molar-refractivity contribution in [1.29, 1.82) is 0 Å². The molecular weight excluding hydrogens is 334 g/mol. The smallest absolute Gasteiger partial charge is 0.244 e. The van der Waals surface area contributed by atoms with Gasteiger partial charge in [-0.05, 0) is 30.7 Å². The van der Waals surface area contributed by atoms with E-state index in [0.717, 1.165) is 5.56 Å². The maximum Gasteiger partial charge on any atom is 0.244 e. The number of rotatable bonds is 4. The molecule has 2 aromatic carbocycles. The number of hydrogen-bond donors (Lipinski definition) is 1. The zero-order valence-electron chi connectivity index (χ0n) is 14.0. The highest BCUT2D eigenvalue weighted by Crippen LogP contribution is 2.40. The topological polar surface area (TPSA) is 57.6 Å². The third kappa shape index (κ3) is 3.18. The second-order valence-corrected chi connectivity index (χ2v) is 8.09. The van der Waals surface area contributed by atoms with Gasteiger partial charge in [0.05, 0.1) is 10.9 Å². The first-order valence-electron chi connectivity index (χ1n) is 8.05. The van der Waals surface area contributed by atoms with E-state index in [2.05, 4.69) is 6.58 Å². The van der Waals surface area contributed by atoms with Gasteiger partial charge in [-0.1, -0.05) is 66.8 Å². The number of benzene rings is 2. The number of nitrogens with zero attached hydrogens (tertiary/aromatic N) is 1. The fourth-order valence-corrected chi connectivity index (χ4v) is 4.70. The Morgan fingerprint density at radius 1 is 1.16 bits per heavy atom. The van der Waals surface area contributed by atoms with Gasteiger partial charge in [-0.15, -0.1) is 0 Å². The van der Waals surface area contributed by atoms with E-state index < -0.39 is 21.7 Å². The van der Waals surface area contributed by atoms with Gasteiger partial charge in [0.1, 0.15) is 5.60 Å². The molecule has 2 atom stereocenters. The predicted octanol–water partition coefficient (Wildman–Crippen LogP) is 3.21. The van der Waals surface area contributed by atoms with E-state index in [1.165, 1.54) is 10.4 Å². The van der Waals surface area contributed by atoms with E-state index >= 15 is 0 Å². The average molecular weight is 355 g/mol. The zero-order chi connectivity index (χ0) is 18.1. The molecule has 0 saturated heterocycles. The molecule has 4 nitrogen and oxygen atoms in total. The lowest BCUT2D eigenvalue weighted by Gasteiger charge is -2.41. The van der Waals surface area contributed by atoms with Crippen LogP contribution >= 0.6 is 0 Å². The second kappa shape index (κ2) is 6.59. The summed E-state index contributed by atoms with van der Waals surface area (Å²) in [5, 5.41) is 11.0. The molecule has 0 fully saturated rings. The lowest BCUT2D eigenvalue weighted by Crippen LogP contribution is -2.49. The summed E-state index contributed by atoms with van der Waals surface area (Å²) in [7, 11) is -3.78. The van der Waals surface area contributed by atoms with Crippen LogP contribution in [0.3, 0.4) is 0 Å². The normalized spacial score (nSPS) is 24.2. The summed E-state index contributed by atoms with van der Waals surface area (Å²) in [6, 6.07) is 15.1. The highest BCUT2D eigenvalue weighted by Gasteiger charge is 2.44. The van der Waals surface area contributed by atoms with Crippen LogP contribution in [0.5, 0.6) is 0 Å². The lowest BCUT2D eigenvalue weighted by atomic mass is 9.86. The molecule has 0 aliphatic carbocycles. The van der Waals surface area contributed by atoms with Crippen LogP contribution in [0.15, 0.2) is 84.3 Å². The Morgan fingerprint density at radius 2 is 1.80 bits per heavy atom. The first-order chi connectivity index (χ1) is 11.9. The molecule has 3 rings (SSSR count). The molecule has 0 radical (unpaired) electrons. The van der Waals surface area contributed by atoms with E-state index in [4.69, 9.17) is 0 Å². The van der Waals surface area contributed by atoms with Crippen LogP contribution < -0.4 is 0 Å². The average Bonchev–Trinajstić information content (AvgIpc) is 2.62. The van der Waals surface area contributed by atoms with Crippen LogP contribution in [0.2, 0.25) is 0 Å². The molecule has 0 saturated carbocycles. The second-order valence-electron chi connectivity index (χ2n) is 6.19. The van der Waals surface area contributed by atoms with Crippen LogP contribution in [-0.4, -0.2) is 30.0 Å². The minimum absolute atomic E-state index is 0.186. The van der Waals surface area contributed by atoms with Gasteiger partial charge in [-0.25, -0.2) is 8.42 Å². The summed E-state index contributed by atoms with van der Waals surface area (Å²) in [6.07, 6.45) is 4.66. The molecule has 0 unspecified atom stereocenters. The maximum atomic E-state index is 13.2. The van der Waals surface area contributed by atoms with E-state index in [1.807, 2.05) is 37.3 Å². The van der Waals surface area contributed by atoms with Crippen molar-refractivity contribution in [3.63, 3.8) is 0 Å². The summed E-state index contributed by atoms with van der Waals surface area (Å²) in [5.41, 5.74) is 0.224. The van der Waals surface area contributed by atoms with E-state index in [9.17, 15) is 13.5 Å². The van der Waals surface area contributed by atoms with Gasteiger partial charge in [0.15, 0.2) is 0 Å². The molecule has 1 aliphatic rings. The Labute approximate surface area is 148 Å². The van der Waals surface area contributed by atoms with Crippen molar-refractivity contribution in [2.24, 2.45) is 0 Å². The Balaban J connectivity index is 2.14. The van der Waals surface area contributed by atoms with E-state index in [1.54, 1.807) is 36.4 Å². The quantitative estimate of drug-likeness (QED) is 0.857. The lowest BCUT2D eigenvalue weighted by molar-refractivity contribution is 0.0552. The van der Waals surface area contributed by atoms with Crippen molar-refractivity contribution < 1.29 is 13.5 Å². The number of aryl methyl sites for hydroxylation is 1. The summed E-state index contributed by atoms with van der Waals surface area (Å²) in [6.45, 7) is 5.80. The molecule has 2 aromatic rings. The van der Waals surface area contributed by atoms with Crippen LogP contribution in [0, 0.1) is 6.92 Å². The van der Waals surface area contributed by atoms with E-state index in [0.29, 0.717) is 5.56 Å². The van der Waals surface area contributed by atoms with Gasteiger partial charge < -0.3 is 5.11 Å². The monoisotopic (exact) mass is 355 g/mol. The van der Waals surface area contributed by atoms with Crippen molar-refractivity contribution in [1.82, 2.24) is 4.31 Å². The molecule has 0 aromatic heterocycles. The molecule has 0 amide bonds. The highest BCUT2D eigenvalue weighted by molar-refractivity contribution is 7.89. The van der Waals surface area contributed by atoms with Gasteiger partial charge in [0.2, 0.25) is 10.0 Å². The standard InChI is InChI=1S/C20H21NO3S/c1-3-20(22)14-7-15-21(19(20)17-8-5-4-6-9-17)25(23,24)18-12-10-16(2)11-13-18/h3-14,19,22H,1,15H2,2H3/t19-,20-/m0/s1. The van der Waals surface area contributed by atoms with Crippen LogP contribution in [0.25, 0.3) is 0 Å². The zero-order valence-corrected chi connectivity index (χ0v) is 14.9. The number of hydrogen-bond acceptors (Lipinski definition) is 3.